The molecular weight excluding hydrogens is 192 g/mol. The largest absolute Gasteiger partial charge is 0.462 e. The van der Waals surface area contributed by atoms with Gasteiger partial charge in [-0.15, -0.1) is 0 Å². The molecule has 0 aliphatic carbocycles. The molecule has 1 heterocycles. The molecule has 2 aromatic carbocycles. The van der Waals surface area contributed by atoms with Crippen LogP contribution in [-0.2, 0) is 0 Å². The van der Waals surface area contributed by atoms with Crippen LogP contribution in [0.1, 0.15) is 11.7 Å². The third-order valence-electron chi connectivity index (χ3n) is 2.74. The highest BCUT2D eigenvalue weighted by atomic mass is 16.6. The highest BCUT2D eigenvalue weighted by Gasteiger charge is 2.32. The summed E-state index contributed by atoms with van der Waals surface area (Å²) >= 11 is 0. The van der Waals surface area contributed by atoms with Crippen LogP contribution >= 0.6 is 0 Å². The Morgan fingerprint density at radius 3 is 2.67 bits per heavy atom. The zero-order chi connectivity index (χ0) is 10.4. The van der Waals surface area contributed by atoms with Crippen LogP contribution in [0.3, 0.4) is 0 Å². The van der Waals surface area contributed by atoms with E-state index in [1.807, 2.05) is 30.3 Å². The molecule has 0 amide bonds. The second kappa shape index (κ2) is 2.95. The van der Waals surface area contributed by atoms with E-state index >= 15 is 0 Å². The Morgan fingerprint density at radius 2 is 1.80 bits per heavy atom. The molecule has 3 nitrogen and oxygen atoms in total. The van der Waals surface area contributed by atoms with Crippen LogP contribution in [0.25, 0.3) is 10.8 Å². The van der Waals surface area contributed by atoms with Gasteiger partial charge in [0.1, 0.15) is 11.9 Å². The van der Waals surface area contributed by atoms with E-state index < -0.39 is 12.4 Å². The van der Waals surface area contributed by atoms with Gasteiger partial charge in [0.05, 0.1) is 0 Å². The Hall–Kier alpha value is -1.58. The number of fused-ring (bicyclic) bond motifs is 3. The minimum absolute atomic E-state index is 0.564. The summed E-state index contributed by atoms with van der Waals surface area (Å²) < 4.78 is 5.13. The lowest BCUT2D eigenvalue weighted by molar-refractivity contribution is -0.0824. The molecule has 0 radical (unpaired) electrons. The van der Waals surface area contributed by atoms with Crippen LogP contribution in [-0.4, -0.2) is 16.5 Å². The van der Waals surface area contributed by atoms with E-state index in [2.05, 4.69) is 0 Å². The fourth-order valence-corrected chi connectivity index (χ4v) is 2.02. The number of aliphatic hydroxyl groups is 2. The molecule has 76 valence electrons. The molecule has 3 rings (SSSR count). The standard InChI is InChI=1S/C12H10O3/c13-11-10-8-4-2-1-3-7(8)5-6-9(10)15-12(11)14/h1-6,11-14H/t11-,12-/m1/s1. The molecule has 1 aliphatic heterocycles. The molecule has 0 aromatic heterocycles. The number of hydrogen-bond acceptors (Lipinski definition) is 3. The van der Waals surface area contributed by atoms with Gasteiger partial charge in [-0.05, 0) is 16.8 Å². The third-order valence-corrected chi connectivity index (χ3v) is 2.74. The molecule has 2 N–H and O–H groups in total. The molecular formula is C12H10O3. The van der Waals surface area contributed by atoms with Gasteiger partial charge in [0.25, 0.3) is 0 Å². The minimum Gasteiger partial charge on any atom is -0.462 e. The van der Waals surface area contributed by atoms with E-state index in [9.17, 15) is 10.2 Å². The summed E-state index contributed by atoms with van der Waals surface area (Å²) in [4.78, 5) is 0. The van der Waals surface area contributed by atoms with Crippen LogP contribution in [0, 0.1) is 0 Å². The van der Waals surface area contributed by atoms with E-state index in [0.29, 0.717) is 11.3 Å². The maximum absolute atomic E-state index is 9.77. The first kappa shape index (κ1) is 8.71. The van der Waals surface area contributed by atoms with Crippen molar-refractivity contribution >= 4 is 10.8 Å². The van der Waals surface area contributed by atoms with Gasteiger partial charge in [0, 0.05) is 5.56 Å². The summed E-state index contributed by atoms with van der Waals surface area (Å²) in [7, 11) is 0. The first-order valence-electron chi connectivity index (χ1n) is 4.82. The lowest BCUT2D eigenvalue weighted by Crippen LogP contribution is -2.16. The van der Waals surface area contributed by atoms with Gasteiger partial charge in [-0.1, -0.05) is 30.3 Å². The smallest absolute Gasteiger partial charge is 0.228 e. The molecule has 0 saturated heterocycles. The topological polar surface area (TPSA) is 49.7 Å². The Balaban J connectivity index is 2.35. The van der Waals surface area contributed by atoms with E-state index in [1.165, 1.54) is 0 Å². The monoisotopic (exact) mass is 202 g/mol. The maximum Gasteiger partial charge on any atom is 0.228 e. The molecule has 0 unspecified atom stereocenters. The van der Waals surface area contributed by atoms with Crippen molar-refractivity contribution in [3.8, 4) is 5.75 Å². The van der Waals surface area contributed by atoms with Crippen LogP contribution in [0.5, 0.6) is 5.75 Å². The average molecular weight is 202 g/mol. The molecule has 2 atom stereocenters. The van der Waals surface area contributed by atoms with Crippen molar-refractivity contribution in [2.24, 2.45) is 0 Å². The minimum atomic E-state index is -1.15. The predicted octanol–water partition coefficient (Wildman–Crippen LogP) is 1.58. The second-order valence-corrected chi connectivity index (χ2v) is 3.65. The zero-order valence-corrected chi connectivity index (χ0v) is 7.92. The molecule has 0 fully saturated rings. The number of benzene rings is 2. The highest BCUT2D eigenvalue weighted by molar-refractivity contribution is 5.88. The number of rotatable bonds is 0. The molecule has 15 heavy (non-hydrogen) atoms. The lowest BCUT2D eigenvalue weighted by atomic mass is 10.0. The van der Waals surface area contributed by atoms with E-state index in [-0.39, 0.29) is 0 Å². The van der Waals surface area contributed by atoms with Crippen molar-refractivity contribution < 1.29 is 14.9 Å². The van der Waals surface area contributed by atoms with Crippen molar-refractivity contribution in [2.75, 3.05) is 0 Å². The first-order valence-corrected chi connectivity index (χ1v) is 4.82. The summed E-state index contributed by atoms with van der Waals surface area (Å²) in [5.74, 6) is 0.564. The Morgan fingerprint density at radius 1 is 1.00 bits per heavy atom. The fraction of sp³-hybridized carbons (Fsp3) is 0.167. The van der Waals surface area contributed by atoms with E-state index in [1.54, 1.807) is 6.07 Å². The highest BCUT2D eigenvalue weighted by Crippen LogP contribution is 2.40. The van der Waals surface area contributed by atoms with Crippen molar-refractivity contribution in [3.63, 3.8) is 0 Å². The average Bonchev–Trinajstić information content (AvgIpc) is 2.55. The lowest BCUT2D eigenvalue weighted by Gasteiger charge is -2.06. The van der Waals surface area contributed by atoms with Gasteiger partial charge in [-0.2, -0.15) is 0 Å². The van der Waals surface area contributed by atoms with E-state index in [4.69, 9.17) is 4.74 Å². The van der Waals surface area contributed by atoms with Crippen LogP contribution in [0.15, 0.2) is 36.4 Å². The SMILES string of the molecule is O[C@@H]1Oc2ccc3ccccc3c2[C@H]1O. The van der Waals surface area contributed by atoms with Crippen LogP contribution < -0.4 is 4.74 Å². The van der Waals surface area contributed by atoms with E-state index in [0.717, 1.165) is 10.8 Å². The van der Waals surface area contributed by atoms with Gasteiger partial charge in [-0.25, -0.2) is 0 Å². The van der Waals surface area contributed by atoms with Crippen LogP contribution in [0.2, 0.25) is 0 Å². The normalized spacial score (nSPS) is 23.9. The predicted molar refractivity (Wildman–Crippen MR) is 55.5 cm³/mol. The summed E-state index contributed by atoms with van der Waals surface area (Å²) in [6.45, 7) is 0. The summed E-state index contributed by atoms with van der Waals surface area (Å²) in [6.07, 6.45) is -2.10. The number of ether oxygens (including phenoxy) is 1. The first-order chi connectivity index (χ1) is 7.27. The van der Waals surface area contributed by atoms with Gasteiger partial charge in [-0.3, -0.25) is 0 Å². The number of aliphatic hydroxyl groups excluding tert-OH is 2. The quantitative estimate of drug-likeness (QED) is 0.682. The molecule has 3 heteroatoms. The second-order valence-electron chi connectivity index (χ2n) is 3.65. The van der Waals surface area contributed by atoms with Crippen molar-refractivity contribution in [1.82, 2.24) is 0 Å². The molecule has 2 aromatic rings. The van der Waals surface area contributed by atoms with Gasteiger partial charge < -0.3 is 14.9 Å². The molecule has 1 aliphatic rings. The van der Waals surface area contributed by atoms with Gasteiger partial charge in [0.15, 0.2) is 0 Å². The Bertz CT molecular complexity index is 521. The number of hydrogen-bond donors (Lipinski definition) is 2. The zero-order valence-electron chi connectivity index (χ0n) is 7.92. The Kier molecular flexibility index (Phi) is 1.71. The van der Waals surface area contributed by atoms with Crippen LogP contribution in [0.4, 0.5) is 0 Å². The van der Waals surface area contributed by atoms with Crippen molar-refractivity contribution in [1.29, 1.82) is 0 Å². The molecule has 0 bridgehead atoms. The maximum atomic E-state index is 9.77. The summed E-state index contributed by atoms with van der Waals surface area (Å²) in [5, 5.41) is 21.1. The van der Waals surface area contributed by atoms with Crippen molar-refractivity contribution in [3.05, 3.63) is 42.0 Å². The Labute approximate surface area is 86.5 Å². The summed E-state index contributed by atoms with van der Waals surface area (Å²) in [5.41, 5.74) is 0.681. The molecule has 0 saturated carbocycles. The summed E-state index contributed by atoms with van der Waals surface area (Å²) in [6, 6.07) is 11.4. The van der Waals surface area contributed by atoms with Gasteiger partial charge >= 0.3 is 0 Å². The molecule has 0 spiro atoms. The van der Waals surface area contributed by atoms with Crippen molar-refractivity contribution in [2.45, 2.75) is 12.4 Å². The van der Waals surface area contributed by atoms with Gasteiger partial charge in [0.2, 0.25) is 6.29 Å². The fourth-order valence-electron chi connectivity index (χ4n) is 2.02. The third kappa shape index (κ3) is 1.14.